The zero-order chi connectivity index (χ0) is 12.1. The molecule has 0 saturated heterocycles. The molecule has 0 radical (unpaired) electrons. The van der Waals surface area contributed by atoms with Gasteiger partial charge >= 0.3 is 0 Å². The molecular formula is C13H17ClN2. The predicted molar refractivity (Wildman–Crippen MR) is 71.6 cm³/mol. The Morgan fingerprint density at radius 2 is 2.19 bits per heavy atom. The summed E-state index contributed by atoms with van der Waals surface area (Å²) in [5.74, 6) is 0. The summed E-state index contributed by atoms with van der Waals surface area (Å²) in [4.78, 5) is 0. The van der Waals surface area contributed by atoms with Crippen molar-refractivity contribution >= 4 is 23.0 Å². The van der Waals surface area contributed by atoms with E-state index in [-0.39, 0.29) is 0 Å². The fourth-order valence-corrected chi connectivity index (χ4v) is 1.48. The van der Waals surface area contributed by atoms with Crippen LogP contribution in [0.3, 0.4) is 0 Å². The predicted octanol–water partition coefficient (Wildman–Crippen LogP) is 4.39. The van der Waals surface area contributed by atoms with Crippen molar-refractivity contribution in [3.63, 3.8) is 0 Å². The summed E-state index contributed by atoms with van der Waals surface area (Å²) in [5, 5.41) is 11.5. The number of nitrogens with one attached hydrogen (secondary N) is 2. The highest BCUT2D eigenvalue weighted by atomic mass is 35.5. The van der Waals surface area contributed by atoms with Gasteiger partial charge in [-0.15, -0.1) is 0 Å². The molecule has 0 aliphatic carbocycles. The molecule has 0 spiro atoms. The van der Waals surface area contributed by atoms with Crippen LogP contribution in [0.25, 0.3) is 0 Å². The van der Waals surface area contributed by atoms with E-state index in [9.17, 15) is 0 Å². The molecule has 1 aromatic carbocycles. The van der Waals surface area contributed by atoms with Gasteiger partial charge in [0.25, 0.3) is 0 Å². The fraction of sp³-hybridized carbons (Fsp3) is 0.308. The number of hydrogen-bond donors (Lipinski definition) is 2. The van der Waals surface area contributed by atoms with Crippen LogP contribution in [0.4, 0.5) is 5.69 Å². The van der Waals surface area contributed by atoms with Gasteiger partial charge in [0, 0.05) is 22.1 Å². The normalized spacial score (nSPS) is 11.4. The third-order valence-electron chi connectivity index (χ3n) is 2.28. The standard InChI is InChI=1S/C13H17ClN2/c1-4-11(15)7-10(3)16-12-6-5-9(2)13(14)8-12/h5-8,15-16H,4H2,1-3H3/b10-7-,15-11?. The second-order valence-corrected chi connectivity index (χ2v) is 4.20. The molecule has 0 aromatic heterocycles. The molecule has 0 unspecified atom stereocenters. The lowest BCUT2D eigenvalue weighted by Gasteiger charge is -2.08. The molecule has 2 nitrogen and oxygen atoms in total. The van der Waals surface area contributed by atoms with Crippen LogP contribution in [0.1, 0.15) is 25.8 Å². The van der Waals surface area contributed by atoms with E-state index in [0.717, 1.165) is 28.4 Å². The van der Waals surface area contributed by atoms with E-state index in [1.165, 1.54) is 0 Å². The van der Waals surface area contributed by atoms with Crippen molar-refractivity contribution in [2.75, 3.05) is 5.32 Å². The van der Waals surface area contributed by atoms with Crippen molar-refractivity contribution in [2.24, 2.45) is 0 Å². The smallest absolute Gasteiger partial charge is 0.0455 e. The molecule has 86 valence electrons. The Morgan fingerprint density at radius 3 is 2.75 bits per heavy atom. The third-order valence-corrected chi connectivity index (χ3v) is 2.69. The maximum Gasteiger partial charge on any atom is 0.0455 e. The number of anilines is 1. The second kappa shape index (κ2) is 5.71. The minimum atomic E-state index is 0.614. The van der Waals surface area contributed by atoms with Crippen LogP contribution in [0.15, 0.2) is 30.0 Å². The van der Waals surface area contributed by atoms with Crippen LogP contribution in [0.2, 0.25) is 5.02 Å². The first kappa shape index (κ1) is 12.8. The van der Waals surface area contributed by atoms with Crippen LogP contribution in [0, 0.1) is 12.3 Å². The first-order valence-corrected chi connectivity index (χ1v) is 5.69. The minimum Gasteiger partial charge on any atom is -0.359 e. The number of benzene rings is 1. The number of rotatable bonds is 4. The van der Waals surface area contributed by atoms with Crippen molar-refractivity contribution in [2.45, 2.75) is 27.2 Å². The van der Waals surface area contributed by atoms with Gasteiger partial charge in [-0.3, -0.25) is 0 Å². The van der Waals surface area contributed by atoms with Gasteiger partial charge in [0.1, 0.15) is 0 Å². The summed E-state index contributed by atoms with van der Waals surface area (Å²) in [7, 11) is 0. The summed E-state index contributed by atoms with van der Waals surface area (Å²) in [6, 6.07) is 5.85. The molecule has 16 heavy (non-hydrogen) atoms. The number of aryl methyl sites for hydroxylation is 1. The second-order valence-electron chi connectivity index (χ2n) is 3.80. The quantitative estimate of drug-likeness (QED) is 0.747. The summed E-state index contributed by atoms with van der Waals surface area (Å²) >= 11 is 6.03. The molecule has 3 heteroatoms. The van der Waals surface area contributed by atoms with Crippen molar-refractivity contribution in [3.05, 3.63) is 40.6 Å². The van der Waals surface area contributed by atoms with Gasteiger partial charge in [-0.25, -0.2) is 0 Å². The van der Waals surface area contributed by atoms with Crippen LogP contribution in [0.5, 0.6) is 0 Å². The lowest BCUT2D eigenvalue weighted by atomic mass is 10.2. The van der Waals surface area contributed by atoms with Crippen LogP contribution in [-0.4, -0.2) is 5.71 Å². The molecule has 1 rings (SSSR count). The Labute approximate surface area is 102 Å². The fourth-order valence-electron chi connectivity index (χ4n) is 1.30. The van der Waals surface area contributed by atoms with E-state index >= 15 is 0 Å². The average Bonchev–Trinajstić information content (AvgIpc) is 2.23. The molecule has 0 aliphatic heterocycles. The van der Waals surface area contributed by atoms with Crippen LogP contribution >= 0.6 is 11.6 Å². The Hall–Kier alpha value is -1.28. The molecule has 1 aromatic rings. The maximum atomic E-state index is 7.57. The zero-order valence-corrected chi connectivity index (χ0v) is 10.7. The molecule has 0 aliphatic rings. The molecular weight excluding hydrogens is 220 g/mol. The Bertz CT molecular complexity index is 422. The molecule has 0 fully saturated rings. The monoisotopic (exact) mass is 236 g/mol. The maximum absolute atomic E-state index is 7.57. The highest BCUT2D eigenvalue weighted by Crippen LogP contribution is 2.20. The third kappa shape index (κ3) is 3.70. The van der Waals surface area contributed by atoms with Crippen LogP contribution < -0.4 is 5.32 Å². The van der Waals surface area contributed by atoms with Gasteiger partial charge in [0.05, 0.1) is 0 Å². The Kier molecular flexibility index (Phi) is 4.56. The van der Waals surface area contributed by atoms with E-state index in [4.69, 9.17) is 17.0 Å². The van der Waals surface area contributed by atoms with E-state index in [2.05, 4.69) is 5.32 Å². The first-order valence-electron chi connectivity index (χ1n) is 5.32. The lowest BCUT2D eigenvalue weighted by molar-refractivity contribution is 1.24. The number of allylic oxidation sites excluding steroid dienone is 2. The van der Waals surface area contributed by atoms with Crippen molar-refractivity contribution in [3.8, 4) is 0 Å². The van der Waals surface area contributed by atoms with Gasteiger partial charge < -0.3 is 10.7 Å². The topological polar surface area (TPSA) is 35.9 Å². The van der Waals surface area contributed by atoms with E-state index in [0.29, 0.717) is 5.71 Å². The SMILES string of the molecule is CCC(=N)/C=C(/C)Nc1ccc(C)c(Cl)c1. The summed E-state index contributed by atoms with van der Waals surface area (Å²) in [6.07, 6.45) is 2.57. The number of hydrogen-bond acceptors (Lipinski definition) is 2. The summed E-state index contributed by atoms with van der Waals surface area (Å²) < 4.78 is 0. The number of halogens is 1. The summed E-state index contributed by atoms with van der Waals surface area (Å²) in [6.45, 7) is 5.88. The van der Waals surface area contributed by atoms with Gasteiger partial charge in [-0.1, -0.05) is 24.6 Å². The Morgan fingerprint density at radius 1 is 1.50 bits per heavy atom. The molecule has 0 saturated carbocycles. The Balaban J connectivity index is 2.77. The highest BCUT2D eigenvalue weighted by Gasteiger charge is 1.98. The van der Waals surface area contributed by atoms with Crippen molar-refractivity contribution in [1.29, 1.82) is 5.41 Å². The van der Waals surface area contributed by atoms with E-state index in [1.807, 2.05) is 45.0 Å². The van der Waals surface area contributed by atoms with Gasteiger partial charge in [0.2, 0.25) is 0 Å². The highest BCUT2D eigenvalue weighted by molar-refractivity contribution is 6.31. The molecule has 0 heterocycles. The molecule has 2 N–H and O–H groups in total. The lowest BCUT2D eigenvalue weighted by Crippen LogP contribution is -1.99. The first-order chi connectivity index (χ1) is 7.52. The summed E-state index contributed by atoms with van der Waals surface area (Å²) in [5.41, 5.74) is 3.58. The average molecular weight is 237 g/mol. The van der Waals surface area contributed by atoms with Crippen LogP contribution in [-0.2, 0) is 0 Å². The largest absolute Gasteiger partial charge is 0.359 e. The van der Waals surface area contributed by atoms with Gasteiger partial charge in [0.15, 0.2) is 0 Å². The molecule has 0 bridgehead atoms. The molecule has 0 atom stereocenters. The van der Waals surface area contributed by atoms with Crippen molar-refractivity contribution < 1.29 is 0 Å². The van der Waals surface area contributed by atoms with Crippen molar-refractivity contribution in [1.82, 2.24) is 0 Å². The zero-order valence-electron chi connectivity index (χ0n) is 9.89. The van der Waals surface area contributed by atoms with Gasteiger partial charge in [-0.2, -0.15) is 0 Å². The van der Waals surface area contributed by atoms with E-state index in [1.54, 1.807) is 0 Å². The van der Waals surface area contributed by atoms with E-state index < -0.39 is 0 Å². The molecule has 0 amide bonds. The van der Waals surface area contributed by atoms with Gasteiger partial charge in [-0.05, 0) is 44.0 Å². The minimum absolute atomic E-state index is 0.614.